The quantitative estimate of drug-likeness (QED) is 0.778. The van der Waals surface area contributed by atoms with Crippen molar-refractivity contribution in [3.8, 4) is 0 Å². The molecule has 1 saturated heterocycles. The van der Waals surface area contributed by atoms with Crippen LogP contribution >= 0.6 is 0 Å². The van der Waals surface area contributed by atoms with Crippen molar-refractivity contribution in [2.24, 2.45) is 0 Å². The lowest BCUT2D eigenvalue weighted by atomic mass is 10.1. The topological polar surface area (TPSA) is 35.6 Å². The Balaban J connectivity index is 1.49. The molecule has 1 amide bonds. The number of hydrogen-bond acceptors (Lipinski definition) is 3. The number of nitrogens with zero attached hydrogens (tertiary/aromatic N) is 2. The van der Waals surface area contributed by atoms with Gasteiger partial charge in [0.05, 0.1) is 16.9 Å². The van der Waals surface area contributed by atoms with Crippen LogP contribution in [0.4, 0.5) is 28.9 Å². The molecule has 0 radical (unpaired) electrons. The number of carbonyl (C=O) groups excluding carboxylic acids is 1. The van der Waals surface area contributed by atoms with E-state index in [0.29, 0.717) is 38.4 Å². The molecule has 3 rings (SSSR count). The van der Waals surface area contributed by atoms with Crippen LogP contribution in [0.3, 0.4) is 0 Å². The molecule has 2 aromatic rings. The maximum Gasteiger partial charge on any atom is 0.418 e. The van der Waals surface area contributed by atoms with Crippen LogP contribution < -0.4 is 10.2 Å². The average Bonchev–Trinajstić information content (AvgIpc) is 2.67. The maximum atomic E-state index is 13.9. The molecule has 2 aromatic carbocycles. The SMILES string of the molecule is O=C(CCN1CCN(c2ccccc2F)CC1)Nc1ccccc1C(F)(F)F. The maximum absolute atomic E-state index is 13.9. The van der Waals surface area contributed by atoms with Gasteiger partial charge < -0.3 is 10.2 Å². The second-order valence-electron chi connectivity index (χ2n) is 6.62. The highest BCUT2D eigenvalue weighted by molar-refractivity contribution is 5.91. The lowest BCUT2D eigenvalue weighted by molar-refractivity contribution is -0.137. The fourth-order valence-electron chi connectivity index (χ4n) is 3.23. The van der Waals surface area contributed by atoms with Gasteiger partial charge in [-0.05, 0) is 24.3 Å². The molecule has 0 bridgehead atoms. The van der Waals surface area contributed by atoms with Crippen LogP contribution in [0.2, 0.25) is 0 Å². The van der Waals surface area contributed by atoms with E-state index in [1.165, 1.54) is 24.3 Å². The Morgan fingerprint density at radius 1 is 0.964 bits per heavy atom. The van der Waals surface area contributed by atoms with Crippen molar-refractivity contribution in [1.82, 2.24) is 4.90 Å². The number of halogens is 4. The van der Waals surface area contributed by atoms with Gasteiger partial charge in [-0.2, -0.15) is 13.2 Å². The number of rotatable bonds is 5. The molecule has 0 unspecified atom stereocenters. The van der Waals surface area contributed by atoms with Gasteiger partial charge in [0.1, 0.15) is 5.82 Å². The first-order chi connectivity index (χ1) is 13.3. The average molecular weight is 395 g/mol. The second kappa shape index (κ2) is 8.60. The molecule has 0 saturated carbocycles. The Bertz CT molecular complexity index is 817. The summed E-state index contributed by atoms with van der Waals surface area (Å²) < 4.78 is 52.8. The highest BCUT2D eigenvalue weighted by Gasteiger charge is 2.33. The standard InChI is InChI=1S/C20H21F4N3O/c21-16-6-2-4-8-18(16)27-13-11-26(12-14-27)10-9-19(28)25-17-7-3-1-5-15(17)20(22,23)24/h1-8H,9-14H2,(H,25,28). The summed E-state index contributed by atoms with van der Waals surface area (Å²) in [5.74, 6) is -0.730. The Labute approximate surface area is 160 Å². The summed E-state index contributed by atoms with van der Waals surface area (Å²) in [5, 5.41) is 2.35. The Kier molecular flexibility index (Phi) is 6.18. The van der Waals surface area contributed by atoms with E-state index in [0.717, 1.165) is 6.07 Å². The van der Waals surface area contributed by atoms with Crippen molar-refractivity contribution >= 4 is 17.3 Å². The van der Waals surface area contributed by atoms with Gasteiger partial charge in [0.15, 0.2) is 0 Å². The first kappa shape index (κ1) is 20.1. The zero-order valence-electron chi connectivity index (χ0n) is 15.2. The summed E-state index contributed by atoms with van der Waals surface area (Å²) in [6.07, 6.45) is -4.43. The smallest absolute Gasteiger partial charge is 0.367 e. The third kappa shape index (κ3) is 5.01. The van der Waals surface area contributed by atoms with Gasteiger partial charge in [0, 0.05) is 39.1 Å². The van der Waals surface area contributed by atoms with Gasteiger partial charge in [-0.15, -0.1) is 0 Å². The minimum Gasteiger partial charge on any atom is -0.367 e. The molecule has 1 fully saturated rings. The van der Waals surface area contributed by atoms with E-state index in [9.17, 15) is 22.4 Å². The lowest BCUT2D eigenvalue weighted by Crippen LogP contribution is -2.47. The number of hydrogen-bond donors (Lipinski definition) is 1. The molecule has 150 valence electrons. The van der Waals surface area contributed by atoms with Crippen molar-refractivity contribution in [3.05, 3.63) is 59.9 Å². The van der Waals surface area contributed by atoms with Crippen molar-refractivity contribution in [3.63, 3.8) is 0 Å². The van der Waals surface area contributed by atoms with E-state index < -0.39 is 17.6 Å². The van der Waals surface area contributed by atoms with E-state index in [-0.39, 0.29) is 17.9 Å². The van der Waals surface area contributed by atoms with Crippen molar-refractivity contribution < 1.29 is 22.4 Å². The molecule has 1 heterocycles. The lowest BCUT2D eigenvalue weighted by Gasteiger charge is -2.36. The van der Waals surface area contributed by atoms with Crippen LogP contribution in [-0.2, 0) is 11.0 Å². The molecule has 0 aromatic heterocycles. The summed E-state index contributed by atoms with van der Waals surface area (Å²) in [5.41, 5.74) is -0.533. The molecule has 0 spiro atoms. The molecular weight excluding hydrogens is 374 g/mol. The highest BCUT2D eigenvalue weighted by Crippen LogP contribution is 2.34. The fraction of sp³-hybridized carbons (Fsp3) is 0.350. The van der Waals surface area contributed by atoms with E-state index in [1.807, 2.05) is 9.80 Å². The molecule has 1 N–H and O–H groups in total. The molecule has 8 heteroatoms. The van der Waals surface area contributed by atoms with Gasteiger partial charge in [0.25, 0.3) is 0 Å². The summed E-state index contributed by atoms with van der Waals surface area (Å²) in [6.45, 7) is 2.99. The number of alkyl halides is 3. The van der Waals surface area contributed by atoms with Gasteiger partial charge in [-0.3, -0.25) is 9.69 Å². The van der Waals surface area contributed by atoms with Crippen LogP contribution in [-0.4, -0.2) is 43.5 Å². The predicted molar refractivity (Wildman–Crippen MR) is 99.7 cm³/mol. The second-order valence-corrected chi connectivity index (χ2v) is 6.62. The number of nitrogens with one attached hydrogen (secondary N) is 1. The van der Waals surface area contributed by atoms with Crippen LogP contribution in [0, 0.1) is 5.82 Å². The Morgan fingerprint density at radius 2 is 1.61 bits per heavy atom. The molecule has 0 aliphatic carbocycles. The van der Waals surface area contributed by atoms with E-state index in [4.69, 9.17) is 0 Å². The van der Waals surface area contributed by atoms with Crippen LogP contribution in [0.5, 0.6) is 0 Å². The number of carbonyl (C=O) groups is 1. The zero-order valence-corrected chi connectivity index (χ0v) is 15.2. The van der Waals surface area contributed by atoms with Gasteiger partial charge in [-0.25, -0.2) is 4.39 Å². The molecule has 28 heavy (non-hydrogen) atoms. The third-order valence-corrected chi connectivity index (χ3v) is 4.73. The molecule has 4 nitrogen and oxygen atoms in total. The minimum absolute atomic E-state index is 0.0892. The monoisotopic (exact) mass is 395 g/mol. The third-order valence-electron chi connectivity index (χ3n) is 4.73. The molecule has 1 aliphatic heterocycles. The number of para-hydroxylation sites is 2. The normalized spacial score (nSPS) is 15.5. The first-order valence-corrected chi connectivity index (χ1v) is 9.02. The molecule has 1 aliphatic rings. The zero-order chi connectivity index (χ0) is 20.1. The van der Waals surface area contributed by atoms with Crippen LogP contribution in [0.15, 0.2) is 48.5 Å². The van der Waals surface area contributed by atoms with Gasteiger partial charge in [0.2, 0.25) is 5.91 Å². The van der Waals surface area contributed by atoms with Crippen molar-refractivity contribution in [2.45, 2.75) is 12.6 Å². The fourth-order valence-corrected chi connectivity index (χ4v) is 3.23. The van der Waals surface area contributed by atoms with Crippen molar-refractivity contribution in [1.29, 1.82) is 0 Å². The van der Waals surface area contributed by atoms with Crippen LogP contribution in [0.1, 0.15) is 12.0 Å². The molecular formula is C20H21F4N3O. The predicted octanol–water partition coefficient (Wildman–Crippen LogP) is 4.00. The number of benzene rings is 2. The van der Waals surface area contributed by atoms with Crippen molar-refractivity contribution in [2.75, 3.05) is 42.9 Å². The van der Waals surface area contributed by atoms with Gasteiger partial charge >= 0.3 is 6.18 Å². The molecule has 0 atom stereocenters. The first-order valence-electron chi connectivity index (χ1n) is 9.02. The summed E-state index contributed by atoms with van der Waals surface area (Å²) in [4.78, 5) is 16.1. The largest absolute Gasteiger partial charge is 0.418 e. The van der Waals surface area contributed by atoms with Crippen LogP contribution in [0.25, 0.3) is 0 Å². The highest BCUT2D eigenvalue weighted by atomic mass is 19.4. The number of amides is 1. The summed E-state index contributed by atoms with van der Waals surface area (Å²) >= 11 is 0. The minimum atomic E-state index is -4.52. The number of anilines is 2. The Hall–Kier alpha value is -2.61. The van der Waals surface area contributed by atoms with E-state index in [1.54, 1.807) is 18.2 Å². The van der Waals surface area contributed by atoms with E-state index in [2.05, 4.69) is 5.32 Å². The summed E-state index contributed by atoms with van der Waals surface area (Å²) in [7, 11) is 0. The van der Waals surface area contributed by atoms with Gasteiger partial charge in [-0.1, -0.05) is 24.3 Å². The number of piperazine rings is 1. The Morgan fingerprint density at radius 3 is 2.29 bits per heavy atom. The van der Waals surface area contributed by atoms with E-state index >= 15 is 0 Å². The summed E-state index contributed by atoms with van der Waals surface area (Å²) in [6, 6.07) is 11.5.